The number of carbonyl (C=O) groups excluding carboxylic acids is 1. The van der Waals surface area contributed by atoms with E-state index >= 15 is 0 Å². The Morgan fingerprint density at radius 2 is 2.25 bits per heavy atom. The average Bonchev–Trinajstić information content (AvgIpc) is 2.46. The normalized spacial score (nSPS) is 27.1. The van der Waals surface area contributed by atoms with E-state index in [2.05, 4.69) is 16.8 Å². The highest BCUT2D eigenvalue weighted by molar-refractivity contribution is 5.93. The van der Waals surface area contributed by atoms with Gasteiger partial charge in [-0.2, -0.15) is 0 Å². The average molecular weight is 274 g/mol. The van der Waals surface area contributed by atoms with Gasteiger partial charge in [-0.1, -0.05) is 6.42 Å². The minimum atomic E-state index is 0.00928. The zero-order chi connectivity index (χ0) is 14.1. The highest BCUT2D eigenvalue weighted by Crippen LogP contribution is 2.25. The lowest BCUT2D eigenvalue weighted by molar-refractivity contribution is 0.0148. The molecule has 2 fully saturated rings. The number of anilines is 1. The Morgan fingerprint density at radius 1 is 1.40 bits per heavy atom. The Labute approximate surface area is 119 Å². The monoisotopic (exact) mass is 274 g/mol. The summed E-state index contributed by atoms with van der Waals surface area (Å²) in [7, 11) is 0. The van der Waals surface area contributed by atoms with Gasteiger partial charge >= 0.3 is 0 Å². The van der Waals surface area contributed by atoms with Crippen LogP contribution in [0.2, 0.25) is 0 Å². The third-order valence-corrected chi connectivity index (χ3v) is 4.45. The largest absolute Gasteiger partial charge is 0.399 e. The molecule has 2 atom stereocenters. The summed E-state index contributed by atoms with van der Waals surface area (Å²) in [6.07, 6.45) is 5.35. The summed E-state index contributed by atoms with van der Waals surface area (Å²) >= 11 is 0. The summed E-state index contributed by atoms with van der Waals surface area (Å²) in [4.78, 5) is 21.3. The van der Waals surface area contributed by atoms with Crippen molar-refractivity contribution in [2.75, 3.05) is 25.4 Å². The minimum Gasteiger partial charge on any atom is -0.399 e. The molecule has 3 heterocycles. The van der Waals surface area contributed by atoms with Crippen LogP contribution in [0.5, 0.6) is 0 Å². The predicted molar refractivity (Wildman–Crippen MR) is 78.4 cm³/mol. The van der Waals surface area contributed by atoms with Crippen LogP contribution in [0.4, 0.5) is 5.69 Å². The molecular formula is C15H22N4O. The smallest absolute Gasteiger partial charge is 0.272 e. The number of carbonyl (C=O) groups is 1. The molecule has 2 aliphatic heterocycles. The van der Waals surface area contributed by atoms with Crippen LogP contribution in [0.1, 0.15) is 36.7 Å². The third-order valence-electron chi connectivity index (χ3n) is 4.45. The van der Waals surface area contributed by atoms with Gasteiger partial charge in [-0.3, -0.25) is 14.7 Å². The zero-order valence-electron chi connectivity index (χ0n) is 12.0. The molecule has 5 heteroatoms. The fourth-order valence-corrected chi connectivity index (χ4v) is 3.35. The van der Waals surface area contributed by atoms with E-state index < -0.39 is 0 Å². The maximum Gasteiger partial charge on any atom is 0.272 e. The topological polar surface area (TPSA) is 62.5 Å². The summed E-state index contributed by atoms with van der Waals surface area (Å²) in [6.45, 7) is 5.08. The van der Waals surface area contributed by atoms with Crippen molar-refractivity contribution >= 4 is 11.6 Å². The molecule has 2 N–H and O–H groups in total. The molecule has 1 amide bonds. The molecule has 3 rings (SSSR count). The molecule has 0 saturated carbocycles. The SMILES string of the molecule is CC1CN2CCCCC2CN1C(=O)c1cc(N)ccn1. The van der Waals surface area contributed by atoms with Crippen LogP contribution in [0.25, 0.3) is 0 Å². The molecule has 20 heavy (non-hydrogen) atoms. The number of amides is 1. The van der Waals surface area contributed by atoms with Gasteiger partial charge in [0.05, 0.1) is 0 Å². The van der Waals surface area contributed by atoms with Gasteiger partial charge in [-0.15, -0.1) is 0 Å². The summed E-state index contributed by atoms with van der Waals surface area (Å²) < 4.78 is 0. The molecule has 0 spiro atoms. The standard InChI is InChI=1S/C15H22N4O/c1-11-9-18-7-3-2-4-13(18)10-19(11)15(20)14-8-12(16)5-6-17-14/h5-6,8,11,13H,2-4,7,9-10H2,1H3,(H2,16,17). The number of piperazine rings is 1. The van der Waals surface area contributed by atoms with Gasteiger partial charge in [0.2, 0.25) is 0 Å². The number of nitrogen functional groups attached to an aromatic ring is 1. The molecule has 5 nitrogen and oxygen atoms in total. The molecule has 1 aromatic rings. The van der Waals surface area contributed by atoms with Gasteiger partial charge in [0.1, 0.15) is 5.69 Å². The maximum atomic E-state index is 12.6. The fourth-order valence-electron chi connectivity index (χ4n) is 3.35. The van der Waals surface area contributed by atoms with Crippen LogP contribution >= 0.6 is 0 Å². The predicted octanol–water partition coefficient (Wildman–Crippen LogP) is 1.36. The third kappa shape index (κ3) is 2.50. The number of hydrogen-bond acceptors (Lipinski definition) is 4. The summed E-state index contributed by atoms with van der Waals surface area (Å²) in [5.41, 5.74) is 6.80. The van der Waals surface area contributed by atoms with Gasteiger partial charge in [-0.25, -0.2) is 0 Å². The van der Waals surface area contributed by atoms with Crippen molar-refractivity contribution in [3.63, 3.8) is 0 Å². The second kappa shape index (κ2) is 5.40. The number of fused-ring (bicyclic) bond motifs is 1. The highest BCUT2D eigenvalue weighted by atomic mass is 16.2. The van der Waals surface area contributed by atoms with E-state index in [1.54, 1.807) is 18.3 Å². The van der Waals surface area contributed by atoms with Crippen LogP contribution in [-0.2, 0) is 0 Å². The fraction of sp³-hybridized carbons (Fsp3) is 0.600. The number of hydrogen-bond donors (Lipinski definition) is 1. The Hall–Kier alpha value is -1.62. The van der Waals surface area contributed by atoms with E-state index in [1.165, 1.54) is 25.8 Å². The lowest BCUT2D eigenvalue weighted by Crippen LogP contribution is -2.60. The van der Waals surface area contributed by atoms with E-state index in [1.807, 2.05) is 4.90 Å². The van der Waals surface area contributed by atoms with E-state index in [4.69, 9.17) is 5.73 Å². The summed E-state index contributed by atoms with van der Waals surface area (Å²) in [5.74, 6) is 0.00928. The van der Waals surface area contributed by atoms with Crippen molar-refractivity contribution in [3.05, 3.63) is 24.0 Å². The van der Waals surface area contributed by atoms with Crippen molar-refractivity contribution in [2.45, 2.75) is 38.3 Å². The molecule has 2 saturated heterocycles. The summed E-state index contributed by atoms with van der Waals surface area (Å²) in [5, 5.41) is 0. The minimum absolute atomic E-state index is 0.00928. The molecule has 2 unspecified atom stereocenters. The molecule has 0 bridgehead atoms. The van der Waals surface area contributed by atoms with Gasteiger partial charge in [0.15, 0.2) is 0 Å². The Morgan fingerprint density at radius 3 is 3.05 bits per heavy atom. The molecule has 0 radical (unpaired) electrons. The van der Waals surface area contributed by atoms with Crippen LogP contribution < -0.4 is 5.73 Å². The molecule has 0 aliphatic carbocycles. The van der Waals surface area contributed by atoms with Crippen LogP contribution in [0, 0.1) is 0 Å². The van der Waals surface area contributed by atoms with Crippen molar-refractivity contribution in [2.24, 2.45) is 0 Å². The van der Waals surface area contributed by atoms with Gasteiger partial charge in [-0.05, 0) is 38.4 Å². The number of aromatic nitrogens is 1. The Kier molecular flexibility index (Phi) is 3.61. The first-order valence-corrected chi connectivity index (χ1v) is 7.41. The molecule has 108 valence electrons. The van der Waals surface area contributed by atoms with Gasteiger partial charge in [0, 0.05) is 37.1 Å². The van der Waals surface area contributed by atoms with Crippen molar-refractivity contribution in [1.82, 2.24) is 14.8 Å². The van der Waals surface area contributed by atoms with Crippen LogP contribution in [0.15, 0.2) is 18.3 Å². The van der Waals surface area contributed by atoms with Crippen LogP contribution in [-0.4, -0.2) is 52.4 Å². The first-order chi connectivity index (χ1) is 9.65. The first kappa shape index (κ1) is 13.4. The zero-order valence-corrected chi connectivity index (χ0v) is 12.0. The van der Waals surface area contributed by atoms with E-state index in [0.29, 0.717) is 17.4 Å². The Bertz CT molecular complexity index is 504. The molecule has 0 aromatic carbocycles. The molecule has 1 aromatic heterocycles. The van der Waals surface area contributed by atoms with Crippen molar-refractivity contribution < 1.29 is 4.79 Å². The van der Waals surface area contributed by atoms with Gasteiger partial charge < -0.3 is 10.6 Å². The first-order valence-electron chi connectivity index (χ1n) is 7.41. The quantitative estimate of drug-likeness (QED) is 0.840. The van der Waals surface area contributed by atoms with E-state index in [0.717, 1.165) is 13.1 Å². The number of nitrogens with zero attached hydrogens (tertiary/aromatic N) is 3. The second-order valence-corrected chi connectivity index (χ2v) is 5.93. The highest BCUT2D eigenvalue weighted by Gasteiger charge is 2.35. The maximum absolute atomic E-state index is 12.6. The van der Waals surface area contributed by atoms with E-state index in [-0.39, 0.29) is 11.9 Å². The van der Waals surface area contributed by atoms with Crippen molar-refractivity contribution in [1.29, 1.82) is 0 Å². The molecular weight excluding hydrogens is 252 g/mol. The summed E-state index contributed by atoms with van der Waals surface area (Å²) in [6, 6.07) is 4.13. The lowest BCUT2D eigenvalue weighted by atomic mass is 9.97. The number of pyridine rings is 1. The number of rotatable bonds is 1. The number of piperidine rings is 1. The van der Waals surface area contributed by atoms with Gasteiger partial charge in [0.25, 0.3) is 5.91 Å². The molecule has 2 aliphatic rings. The second-order valence-electron chi connectivity index (χ2n) is 5.93. The number of nitrogens with two attached hydrogens (primary N) is 1. The van der Waals surface area contributed by atoms with Crippen molar-refractivity contribution in [3.8, 4) is 0 Å². The van der Waals surface area contributed by atoms with Crippen LogP contribution in [0.3, 0.4) is 0 Å². The lowest BCUT2D eigenvalue weighted by Gasteiger charge is -2.47. The Balaban J connectivity index is 1.77. The van der Waals surface area contributed by atoms with E-state index in [9.17, 15) is 4.79 Å².